The normalized spacial score (nSPS) is 25.8. The van der Waals surface area contributed by atoms with E-state index in [-0.39, 0.29) is 23.5 Å². The summed E-state index contributed by atoms with van der Waals surface area (Å²) < 4.78 is 49.4. The van der Waals surface area contributed by atoms with Crippen LogP contribution in [0, 0.1) is 0 Å². The van der Waals surface area contributed by atoms with Gasteiger partial charge in [-0.1, -0.05) is 0 Å². The standard InChI is InChI=1S/C13H21N5O10P2/c1-14-13-16-11-10(12(19)17-13)15-6-18(11)9-4-7(28-30(22,23)25-3)8(27-9)5-26-29(20,21)24-2/h6-9H,4-5H2,1-3H3,(H,20,21)(H,22,23)(H2,14,16,17,19). The van der Waals surface area contributed by atoms with Crippen LogP contribution in [0.4, 0.5) is 5.95 Å². The van der Waals surface area contributed by atoms with Gasteiger partial charge in [-0.15, -0.1) is 0 Å². The molecule has 0 spiro atoms. The smallest absolute Gasteiger partial charge is 0.359 e. The molecule has 2 aromatic rings. The second-order valence-electron chi connectivity index (χ2n) is 6.10. The van der Waals surface area contributed by atoms with Gasteiger partial charge in [0.1, 0.15) is 18.4 Å². The average Bonchev–Trinajstić information content (AvgIpc) is 3.30. The third-order valence-corrected chi connectivity index (χ3v) is 6.23. The summed E-state index contributed by atoms with van der Waals surface area (Å²) in [6, 6.07) is 0. The highest BCUT2D eigenvalue weighted by Gasteiger charge is 2.43. The molecule has 0 amide bonds. The van der Waals surface area contributed by atoms with Crippen molar-refractivity contribution in [2.45, 2.75) is 24.9 Å². The van der Waals surface area contributed by atoms with E-state index in [1.807, 2.05) is 0 Å². The van der Waals surface area contributed by atoms with Crippen LogP contribution in [0.3, 0.4) is 0 Å². The van der Waals surface area contributed by atoms with Crippen LogP contribution in [0.2, 0.25) is 0 Å². The van der Waals surface area contributed by atoms with Crippen molar-refractivity contribution in [2.75, 3.05) is 33.2 Å². The van der Waals surface area contributed by atoms with Gasteiger partial charge in [0.05, 0.1) is 12.9 Å². The number of anilines is 1. The average molecular weight is 469 g/mol. The van der Waals surface area contributed by atoms with Crippen molar-refractivity contribution < 1.29 is 41.7 Å². The summed E-state index contributed by atoms with van der Waals surface area (Å²) in [6.45, 7) is -0.491. The number of fused-ring (bicyclic) bond motifs is 1. The Morgan fingerprint density at radius 2 is 2.03 bits per heavy atom. The van der Waals surface area contributed by atoms with E-state index in [4.69, 9.17) is 13.8 Å². The van der Waals surface area contributed by atoms with Crippen molar-refractivity contribution in [3.63, 3.8) is 0 Å². The van der Waals surface area contributed by atoms with Crippen LogP contribution in [-0.2, 0) is 32.0 Å². The fourth-order valence-corrected chi connectivity index (χ4v) is 3.91. The van der Waals surface area contributed by atoms with E-state index in [0.29, 0.717) is 0 Å². The maximum atomic E-state index is 12.1. The number of hydrogen-bond donors (Lipinski definition) is 4. The lowest BCUT2D eigenvalue weighted by atomic mass is 10.2. The SMILES string of the molecule is CNc1nc2c(ncn2C2CC(OP(=O)(O)OC)C(COP(=O)(O)OC)O2)c(=O)[nH]1. The Balaban J connectivity index is 1.90. The molecular weight excluding hydrogens is 448 g/mol. The first-order chi connectivity index (χ1) is 14.1. The lowest BCUT2D eigenvalue weighted by Gasteiger charge is -2.21. The first kappa shape index (κ1) is 23.0. The molecular formula is C13H21N5O10P2. The predicted molar refractivity (Wildman–Crippen MR) is 101 cm³/mol. The minimum Gasteiger partial charge on any atom is -0.359 e. The molecule has 17 heteroatoms. The third-order valence-electron chi connectivity index (χ3n) is 4.29. The molecule has 0 aliphatic carbocycles. The van der Waals surface area contributed by atoms with Crippen molar-refractivity contribution >= 4 is 32.8 Å². The molecule has 1 fully saturated rings. The van der Waals surface area contributed by atoms with E-state index in [0.717, 1.165) is 14.2 Å². The molecule has 15 nitrogen and oxygen atoms in total. The Labute approximate surface area is 169 Å². The number of H-pyrrole nitrogens is 1. The number of ether oxygens (including phenoxy) is 1. The van der Waals surface area contributed by atoms with Gasteiger partial charge in [-0.05, 0) is 0 Å². The fourth-order valence-electron chi connectivity index (χ4n) is 2.82. The van der Waals surface area contributed by atoms with E-state index in [1.165, 1.54) is 10.9 Å². The monoisotopic (exact) mass is 469 g/mol. The summed E-state index contributed by atoms with van der Waals surface area (Å²) in [5.74, 6) is 0.195. The maximum absolute atomic E-state index is 12.1. The van der Waals surface area contributed by atoms with Crippen LogP contribution in [0.1, 0.15) is 12.6 Å². The minimum absolute atomic E-state index is 0.000521. The number of nitrogens with zero attached hydrogens (tertiary/aromatic N) is 3. The summed E-state index contributed by atoms with van der Waals surface area (Å²) in [5, 5.41) is 2.71. The first-order valence-electron chi connectivity index (χ1n) is 8.49. The van der Waals surface area contributed by atoms with E-state index < -0.39 is 46.2 Å². The Hall–Kier alpha value is -1.67. The molecule has 4 N–H and O–H groups in total. The predicted octanol–water partition coefficient (Wildman–Crippen LogP) is 0.344. The highest BCUT2D eigenvalue weighted by Crippen LogP contribution is 2.49. The molecule has 1 aliphatic heterocycles. The Morgan fingerprint density at radius 1 is 1.33 bits per heavy atom. The summed E-state index contributed by atoms with van der Waals surface area (Å²) in [6.07, 6.45) is -1.64. The Bertz CT molecular complexity index is 1060. The van der Waals surface area contributed by atoms with Crippen molar-refractivity contribution in [1.82, 2.24) is 19.5 Å². The zero-order valence-electron chi connectivity index (χ0n) is 16.1. The molecule has 5 atom stereocenters. The van der Waals surface area contributed by atoms with Crippen LogP contribution in [0.25, 0.3) is 11.2 Å². The quantitative estimate of drug-likeness (QED) is 0.367. The second-order valence-corrected chi connectivity index (χ2v) is 9.17. The highest BCUT2D eigenvalue weighted by molar-refractivity contribution is 7.47. The molecule has 0 bridgehead atoms. The molecule has 1 saturated heterocycles. The molecule has 1 aliphatic rings. The third kappa shape index (κ3) is 4.97. The van der Waals surface area contributed by atoms with Crippen LogP contribution in [0.15, 0.2) is 11.1 Å². The zero-order valence-corrected chi connectivity index (χ0v) is 17.9. The first-order valence-corrected chi connectivity index (χ1v) is 11.5. The lowest BCUT2D eigenvalue weighted by molar-refractivity contribution is -0.0430. The molecule has 0 aromatic carbocycles. The molecule has 30 heavy (non-hydrogen) atoms. The fraction of sp³-hybridized carbons (Fsp3) is 0.615. The molecule has 168 valence electrons. The number of aromatic amines is 1. The van der Waals surface area contributed by atoms with Gasteiger partial charge in [0, 0.05) is 27.7 Å². The summed E-state index contributed by atoms with van der Waals surface area (Å²) in [4.78, 5) is 42.0. The number of phosphoric ester groups is 2. The number of rotatable bonds is 9. The number of nitrogens with one attached hydrogen (secondary N) is 2. The van der Waals surface area contributed by atoms with Crippen LogP contribution in [0.5, 0.6) is 0 Å². The van der Waals surface area contributed by atoms with E-state index in [9.17, 15) is 23.7 Å². The number of aromatic nitrogens is 4. The van der Waals surface area contributed by atoms with Crippen molar-refractivity contribution in [1.29, 1.82) is 0 Å². The van der Waals surface area contributed by atoms with Gasteiger partial charge in [0.15, 0.2) is 11.2 Å². The second kappa shape index (κ2) is 8.83. The Morgan fingerprint density at radius 3 is 2.67 bits per heavy atom. The summed E-state index contributed by atoms with van der Waals surface area (Å²) >= 11 is 0. The largest absolute Gasteiger partial charge is 0.472 e. The van der Waals surface area contributed by atoms with Gasteiger partial charge in [-0.3, -0.25) is 32.4 Å². The molecule has 0 saturated carbocycles. The van der Waals surface area contributed by atoms with Crippen molar-refractivity contribution in [2.24, 2.45) is 0 Å². The Kier molecular flexibility index (Phi) is 6.77. The summed E-state index contributed by atoms with van der Waals surface area (Å²) in [7, 11) is -5.19. The summed E-state index contributed by atoms with van der Waals surface area (Å²) in [5.41, 5.74) is -0.231. The molecule has 3 heterocycles. The van der Waals surface area contributed by atoms with Gasteiger partial charge in [0.25, 0.3) is 5.56 Å². The van der Waals surface area contributed by atoms with Gasteiger partial charge < -0.3 is 19.8 Å². The number of phosphoric acid groups is 2. The number of imidazole rings is 1. The number of hydrogen-bond acceptors (Lipinski definition) is 11. The van der Waals surface area contributed by atoms with Gasteiger partial charge in [-0.25, -0.2) is 14.1 Å². The molecule has 2 aromatic heterocycles. The van der Waals surface area contributed by atoms with E-state index in [2.05, 4.69) is 29.3 Å². The van der Waals surface area contributed by atoms with Crippen molar-refractivity contribution in [3.05, 3.63) is 16.7 Å². The van der Waals surface area contributed by atoms with Gasteiger partial charge in [-0.2, -0.15) is 4.98 Å². The van der Waals surface area contributed by atoms with Gasteiger partial charge in [0.2, 0.25) is 5.95 Å². The van der Waals surface area contributed by atoms with E-state index in [1.54, 1.807) is 7.05 Å². The van der Waals surface area contributed by atoms with E-state index >= 15 is 0 Å². The molecule has 5 unspecified atom stereocenters. The molecule has 3 rings (SSSR count). The van der Waals surface area contributed by atoms with Gasteiger partial charge >= 0.3 is 15.6 Å². The van der Waals surface area contributed by atoms with Crippen molar-refractivity contribution in [3.8, 4) is 0 Å². The highest BCUT2D eigenvalue weighted by atomic mass is 31.2. The van der Waals surface area contributed by atoms with Crippen LogP contribution in [-0.4, -0.2) is 69.4 Å². The minimum atomic E-state index is -4.41. The lowest BCUT2D eigenvalue weighted by Crippen LogP contribution is -2.28. The molecule has 0 radical (unpaired) electrons. The maximum Gasteiger partial charge on any atom is 0.472 e. The van der Waals surface area contributed by atoms with Crippen LogP contribution < -0.4 is 10.9 Å². The van der Waals surface area contributed by atoms with Crippen LogP contribution >= 0.6 is 15.6 Å². The zero-order chi connectivity index (χ0) is 22.1. The topological polar surface area (TPSA) is 196 Å².